The molecule has 138 valence electrons. The van der Waals surface area contributed by atoms with Crippen LogP contribution in [0.25, 0.3) is 0 Å². The number of halogens is 1. The molecule has 0 radical (unpaired) electrons. The number of aryl methyl sites for hydroxylation is 1. The Balaban J connectivity index is 1.88. The molecule has 3 rings (SSSR count). The van der Waals surface area contributed by atoms with Crippen LogP contribution < -0.4 is 0 Å². The fraction of sp³-hybridized carbons (Fsp3) is 0.350. The van der Waals surface area contributed by atoms with Crippen molar-refractivity contribution < 1.29 is 17.6 Å². The average molecular weight is 375 g/mol. The van der Waals surface area contributed by atoms with Gasteiger partial charge in [-0.2, -0.15) is 0 Å². The van der Waals surface area contributed by atoms with Crippen molar-refractivity contribution in [3.63, 3.8) is 0 Å². The van der Waals surface area contributed by atoms with Gasteiger partial charge >= 0.3 is 0 Å². The van der Waals surface area contributed by atoms with Gasteiger partial charge in [0.2, 0.25) is 0 Å². The van der Waals surface area contributed by atoms with E-state index in [1.807, 2.05) is 24.3 Å². The van der Waals surface area contributed by atoms with Gasteiger partial charge in [0.1, 0.15) is 5.82 Å². The molecule has 1 aliphatic rings. The van der Waals surface area contributed by atoms with Crippen LogP contribution in [-0.4, -0.2) is 36.8 Å². The van der Waals surface area contributed by atoms with E-state index in [1.165, 1.54) is 29.8 Å². The molecule has 1 aliphatic heterocycles. The number of carbonyl (C=O) groups excluding carboxylic acids is 1. The molecule has 6 heteroatoms. The van der Waals surface area contributed by atoms with Gasteiger partial charge in [0.05, 0.1) is 11.5 Å². The Hall–Kier alpha value is -2.21. The molecule has 0 spiro atoms. The third-order valence-corrected chi connectivity index (χ3v) is 6.54. The maximum absolute atomic E-state index is 13.2. The van der Waals surface area contributed by atoms with Crippen molar-refractivity contribution in [1.29, 1.82) is 0 Å². The average Bonchev–Trinajstić information content (AvgIpc) is 3.00. The van der Waals surface area contributed by atoms with Crippen LogP contribution in [0.4, 0.5) is 4.39 Å². The Kier molecular flexibility index (Phi) is 5.41. The molecule has 1 atom stereocenters. The maximum atomic E-state index is 13.2. The van der Waals surface area contributed by atoms with E-state index in [2.05, 4.69) is 6.92 Å². The topological polar surface area (TPSA) is 54.5 Å². The van der Waals surface area contributed by atoms with Crippen molar-refractivity contribution in [3.8, 4) is 0 Å². The molecule has 2 aromatic carbocycles. The number of nitrogens with zero attached hydrogens (tertiary/aromatic N) is 1. The lowest BCUT2D eigenvalue weighted by atomic mass is 10.1. The number of hydrogen-bond acceptors (Lipinski definition) is 3. The number of sulfone groups is 1. The van der Waals surface area contributed by atoms with E-state index >= 15 is 0 Å². The zero-order valence-corrected chi connectivity index (χ0v) is 15.5. The van der Waals surface area contributed by atoms with Crippen molar-refractivity contribution in [3.05, 3.63) is 71.0 Å². The molecule has 1 unspecified atom stereocenters. The van der Waals surface area contributed by atoms with E-state index in [0.29, 0.717) is 18.5 Å². The molecule has 0 saturated carbocycles. The van der Waals surface area contributed by atoms with Crippen molar-refractivity contribution in [2.75, 3.05) is 11.5 Å². The van der Waals surface area contributed by atoms with Crippen molar-refractivity contribution >= 4 is 15.7 Å². The van der Waals surface area contributed by atoms with Gasteiger partial charge in [-0.3, -0.25) is 4.79 Å². The summed E-state index contributed by atoms with van der Waals surface area (Å²) in [4.78, 5) is 14.6. The fourth-order valence-corrected chi connectivity index (χ4v) is 4.95. The molecule has 1 saturated heterocycles. The summed E-state index contributed by atoms with van der Waals surface area (Å²) in [5.41, 5.74) is 2.51. The van der Waals surface area contributed by atoms with Crippen LogP contribution in [0.5, 0.6) is 0 Å². The Morgan fingerprint density at radius 2 is 1.69 bits per heavy atom. The molecule has 0 N–H and O–H groups in total. The molecule has 1 fully saturated rings. The minimum Gasteiger partial charge on any atom is -0.330 e. The van der Waals surface area contributed by atoms with Gasteiger partial charge in [-0.1, -0.05) is 31.2 Å². The molecule has 0 bridgehead atoms. The van der Waals surface area contributed by atoms with E-state index in [-0.39, 0.29) is 23.5 Å². The predicted molar refractivity (Wildman–Crippen MR) is 99.2 cm³/mol. The summed E-state index contributed by atoms with van der Waals surface area (Å²) in [5, 5.41) is 0. The van der Waals surface area contributed by atoms with Gasteiger partial charge in [-0.15, -0.1) is 0 Å². The first-order valence-corrected chi connectivity index (χ1v) is 10.5. The zero-order valence-electron chi connectivity index (χ0n) is 14.7. The molecule has 0 aliphatic carbocycles. The largest absolute Gasteiger partial charge is 0.330 e. The molecule has 1 amide bonds. The monoisotopic (exact) mass is 375 g/mol. The lowest BCUT2D eigenvalue weighted by Crippen LogP contribution is -2.40. The van der Waals surface area contributed by atoms with Crippen molar-refractivity contribution in [2.45, 2.75) is 32.4 Å². The number of rotatable bonds is 5. The third kappa shape index (κ3) is 4.30. The zero-order chi connectivity index (χ0) is 18.7. The van der Waals surface area contributed by atoms with Crippen molar-refractivity contribution in [2.24, 2.45) is 0 Å². The number of carbonyl (C=O) groups is 1. The lowest BCUT2D eigenvalue weighted by Gasteiger charge is -2.28. The van der Waals surface area contributed by atoms with Crippen LogP contribution in [0.1, 0.15) is 34.8 Å². The van der Waals surface area contributed by atoms with Crippen LogP contribution in [-0.2, 0) is 22.8 Å². The first-order valence-electron chi connectivity index (χ1n) is 8.73. The molecule has 4 nitrogen and oxygen atoms in total. The Morgan fingerprint density at radius 1 is 1.08 bits per heavy atom. The molecular formula is C20H22FNO3S. The molecule has 2 aromatic rings. The van der Waals surface area contributed by atoms with Gasteiger partial charge < -0.3 is 4.90 Å². The summed E-state index contributed by atoms with van der Waals surface area (Å²) in [7, 11) is -3.12. The summed E-state index contributed by atoms with van der Waals surface area (Å²) in [6.07, 6.45) is 1.36. The second-order valence-corrected chi connectivity index (χ2v) is 8.90. The fourth-order valence-electron chi connectivity index (χ4n) is 3.22. The Bertz CT molecular complexity index is 876. The second kappa shape index (κ2) is 7.58. The second-order valence-electron chi connectivity index (χ2n) is 6.67. The highest BCUT2D eigenvalue weighted by molar-refractivity contribution is 7.91. The Labute approximate surface area is 153 Å². The van der Waals surface area contributed by atoms with E-state index in [4.69, 9.17) is 0 Å². The van der Waals surface area contributed by atoms with Gasteiger partial charge in [-0.05, 0) is 48.2 Å². The molecule has 1 heterocycles. The third-order valence-electron chi connectivity index (χ3n) is 4.79. The highest BCUT2D eigenvalue weighted by atomic mass is 32.2. The smallest absolute Gasteiger partial charge is 0.254 e. The van der Waals surface area contributed by atoms with Crippen LogP contribution >= 0.6 is 0 Å². The van der Waals surface area contributed by atoms with E-state index < -0.39 is 15.7 Å². The standard InChI is InChI=1S/C20H22FNO3S/c1-2-15-3-5-16(6-4-15)13-22(19-11-12-26(24,25)14-19)20(23)17-7-9-18(21)10-8-17/h3-10,19H,2,11-14H2,1H3. The summed E-state index contributed by atoms with van der Waals surface area (Å²) in [6.45, 7) is 2.41. The summed E-state index contributed by atoms with van der Waals surface area (Å²) >= 11 is 0. The van der Waals surface area contributed by atoms with Gasteiger partial charge in [0.15, 0.2) is 9.84 Å². The summed E-state index contributed by atoms with van der Waals surface area (Å²) in [6, 6.07) is 13.0. The van der Waals surface area contributed by atoms with E-state index in [9.17, 15) is 17.6 Å². The highest BCUT2D eigenvalue weighted by Crippen LogP contribution is 2.23. The number of benzene rings is 2. The summed E-state index contributed by atoms with van der Waals surface area (Å²) in [5.74, 6) is -0.606. The lowest BCUT2D eigenvalue weighted by molar-refractivity contribution is 0.0681. The summed E-state index contributed by atoms with van der Waals surface area (Å²) < 4.78 is 37.0. The van der Waals surface area contributed by atoms with Gasteiger partial charge in [-0.25, -0.2) is 12.8 Å². The van der Waals surface area contributed by atoms with Crippen molar-refractivity contribution in [1.82, 2.24) is 4.90 Å². The highest BCUT2D eigenvalue weighted by Gasteiger charge is 2.35. The maximum Gasteiger partial charge on any atom is 0.254 e. The van der Waals surface area contributed by atoms with E-state index in [0.717, 1.165) is 12.0 Å². The Morgan fingerprint density at radius 3 is 2.23 bits per heavy atom. The quantitative estimate of drug-likeness (QED) is 0.806. The van der Waals surface area contributed by atoms with Gasteiger partial charge in [0, 0.05) is 18.2 Å². The van der Waals surface area contributed by atoms with E-state index in [1.54, 1.807) is 4.90 Å². The van der Waals surface area contributed by atoms with Crippen LogP contribution in [0.15, 0.2) is 48.5 Å². The van der Waals surface area contributed by atoms with Crippen LogP contribution in [0.2, 0.25) is 0 Å². The van der Waals surface area contributed by atoms with Crippen LogP contribution in [0.3, 0.4) is 0 Å². The predicted octanol–water partition coefficient (Wildman–Crippen LogP) is 3.22. The molecule has 0 aromatic heterocycles. The minimum absolute atomic E-state index is 0.0209. The minimum atomic E-state index is -3.12. The first-order chi connectivity index (χ1) is 12.4. The normalized spacial score (nSPS) is 18.6. The number of amides is 1. The molecule has 26 heavy (non-hydrogen) atoms. The first kappa shape index (κ1) is 18.6. The van der Waals surface area contributed by atoms with Crippen LogP contribution in [0, 0.1) is 5.82 Å². The molecular weight excluding hydrogens is 353 g/mol. The number of hydrogen-bond donors (Lipinski definition) is 0. The SMILES string of the molecule is CCc1ccc(CN(C(=O)c2ccc(F)cc2)C2CCS(=O)(=O)C2)cc1. The van der Waals surface area contributed by atoms with Gasteiger partial charge in [0.25, 0.3) is 5.91 Å².